The van der Waals surface area contributed by atoms with Crippen molar-refractivity contribution in [3.63, 3.8) is 0 Å². The second-order valence-electron chi connectivity index (χ2n) is 3.30. The molecule has 2 unspecified atom stereocenters. The van der Waals surface area contributed by atoms with Gasteiger partial charge in [-0.1, -0.05) is 12.1 Å². The third-order valence-electron chi connectivity index (χ3n) is 2.33. The van der Waals surface area contributed by atoms with E-state index in [1.165, 1.54) is 10.5 Å². The molecule has 0 aliphatic carbocycles. The number of hydrogen-bond donors (Lipinski definition) is 0. The monoisotopic (exact) mass is 210 g/mol. The molecule has 76 valence electrons. The lowest BCUT2D eigenvalue weighted by atomic mass is 10.1. The molecular weight excluding hydrogens is 196 g/mol. The van der Waals surface area contributed by atoms with E-state index < -0.39 is 0 Å². The van der Waals surface area contributed by atoms with Crippen molar-refractivity contribution in [3.8, 4) is 0 Å². The van der Waals surface area contributed by atoms with E-state index in [0.29, 0.717) is 6.61 Å². The summed E-state index contributed by atoms with van der Waals surface area (Å²) in [6.07, 6.45) is 2.12. The largest absolute Gasteiger partial charge is 0.350 e. The Morgan fingerprint density at radius 1 is 1.29 bits per heavy atom. The van der Waals surface area contributed by atoms with Crippen molar-refractivity contribution >= 4 is 11.8 Å². The van der Waals surface area contributed by atoms with Gasteiger partial charge in [-0.3, -0.25) is 0 Å². The molecule has 2 atom stereocenters. The number of thioether (sulfide) groups is 1. The molecule has 1 heterocycles. The van der Waals surface area contributed by atoms with E-state index in [-0.39, 0.29) is 12.4 Å². The summed E-state index contributed by atoms with van der Waals surface area (Å²) in [7, 11) is 0. The molecule has 0 amide bonds. The first kappa shape index (κ1) is 10.0. The van der Waals surface area contributed by atoms with Crippen LogP contribution in [0.1, 0.15) is 18.6 Å². The average molecular weight is 210 g/mol. The molecule has 14 heavy (non-hydrogen) atoms. The van der Waals surface area contributed by atoms with Crippen molar-refractivity contribution in [1.82, 2.24) is 0 Å². The van der Waals surface area contributed by atoms with Crippen LogP contribution in [-0.2, 0) is 9.47 Å². The van der Waals surface area contributed by atoms with Crippen molar-refractivity contribution in [1.29, 1.82) is 0 Å². The molecule has 0 aromatic heterocycles. The fourth-order valence-corrected chi connectivity index (χ4v) is 1.93. The number of hydrogen-bond acceptors (Lipinski definition) is 3. The maximum Gasteiger partial charge on any atom is 0.155 e. The maximum atomic E-state index is 5.59. The van der Waals surface area contributed by atoms with Crippen LogP contribution >= 0.6 is 11.8 Å². The maximum absolute atomic E-state index is 5.59. The molecule has 1 saturated heterocycles. The highest BCUT2D eigenvalue weighted by Crippen LogP contribution is 2.27. The van der Waals surface area contributed by atoms with Gasteiger partial charge in [-0.2, -0.15) is 0 Å². The zero-order valence-corrected chi connectivity index (χ0v) is 9.21. The van der Waals surface area contributed by atoms with Gasteiger partial charge in [0.2, 0.25) is 0 Å². The molecule has 1 fully saturated rings. The topological polar surface area (TPSA) is 18.5 Å². The molecule has 1 aliphatic heterocycles. The molecule has 1 aromatic carbocycles. The summed E-state index contributed by atoms with van der Waals surface area (Å²) in [5, 5.41) is 0. The van der Waals surface area contributed by atoms with Crippen LogP contribution in [0.4, 0.5) is 0 Å². The predicted molar refractivity (Wildman–Crippen MR) is 57.5 cm³/mol. The third-order valence-corrected chi connectivity index (χ3v) is 3.07. The predicted octanol–water partition coefficient (Wildman–Crippen LogP) is 2.84. The third kappa shape index (κ3) is 2.11. The highest BCUT2D eigenvalue weighted by Gasteiger charge is 2.23. The lowest BCUT2D eigenvalue weighted by Gasteiger charge is -2.09. The lowest BCUT2D eigenvalue weighted by molar-refractivity contribution is -0.0426. The minimum atomic E-state index is -0.0692. The summed E-state index contributed by atoms with van der Waals surface area (Å²) in [5.41, 5.74) is 1.20. The summed E-state index contributed by atoms with van der Waals surface area (Å²) in [4.78, 5) is 1.28. The van der Waals surface area contributed by atoms with Gasteiger partial charge in [-0.15, -0.1) is 11.8 Å². The summed E-state index contributed by atoms with van der Waals surface area (Å²) >= 11 is 1.75. The van der Waals surface area contributed by atoms with Crippen molar-refractivity contribution in [2.24, 2.45) is 0 Å². The Bertz CT molecular complexity index is 297. The van der Waals surface area contributed by atoms with Crippen LogP contribution in [0.15, 0.2) is 29.2 Å². The van der Waals surface area contributed by atoms with Crippen LogP contribution in [0.2, 0.25) is 0 Å². The quantitative estimate of drug-likeness (QED) is 0.699. The van der Waals surface area contributed by atoms with Gasteiger partial charge in [0.15, 0.2) is 6.29 Å². The highest BCUT2D eigenvalue weighted by molar-refractivity contribution is 7.98. The summed E-state index contributed by atoms with van der Waals surface area (Å²) in [6.45, 7) is 2.59. The number of ether oxygens (including phenoxy) is 2. The van der Waals surface area contributed by atoms with E-state index in [2.05, 4.69) is 30.5 Å². The van der Waals surface area contributed by atoms with E-state index >= 15 is 0 Å². The number of benzene rings is 1. The Kier molecular flexibility index (Phi) is 3.11. The molecular formula is C11H14O2S. The van der Waals surface area contributed by atoms with Gasteiger partial charge < -0.3 is 9.47 Å². The van der Waals surface area contributed by atoms with Crippen LogP contribution < -0.4 is 0 Å². The van der Waals surface area contributed by atoms with Crippen molar-refractivity contribution in [2.45, 2.75) is 24.2 Å². The minimum Gasteiger partial charge on any atom is -0.350 e. The molecule has 3 heteroatoms. The zero-order valence-electron chi connectivity index (χ0n) is 8.40. The summed E-state index contributed by atoms with van der Waals surface area (Å²) in [5.74, 6) is 0. The second kappa shape index (κ2) is 4.34. The van der Waals surface area contributed by atoms with Crippen LogP contribution in [-0.4, -0.2) is 19.2 Å². The first-order valence-corrected chi connectivity index (χ1v) is 5.93. The normalized spacial score (nSPS) is 26.7. The van der Waals surface area contributed by atoms with Gasteiger partial charge >= 0.3 is 0 Å². The van der Waals surface area contributed by atoms with Gasteiger partial charge in [0.1, 0.15) is 6.10 Å². The van der Waals surface area contributed by atoms with Crippen molar-refractivity contribution in [3.05, 3.63) is 29.8 Å². The van der Waals surface area contributed by atoms with Gasteiger partial charge in [-0.05, 0) is 30.9 Å². The van der Waals surface area contributed by atoms with E-state index in [4.69, 9.17) is 9.47 Å². The van der Waals surface area contributed by atoms with Crippen molar-refractivity contribution in [2.75, 3.05) is 12.9 Å². The second-order valence-corrected chi connectivity index (χ2v) is 4.18. The molecule has 0 bridgehead atoms. The van der Waals surface area contributed by atoms with Crippen molar-refractivity contribution < 1.29 is 9.47 Å². The van der Waals surface area contributed by atoms with E-state index in [0.717, 1.165) is 0 Å². The molecule has 0 N–H and O–H groups in total. The Balaban J connectivity index is 2.09. The summed E-state index contributed by atoms with van der Waals surface area (Å²) in [6, 6.07) is 8.45. The fourth-order valence-electron chi connectivity index (χ4n) is 1.53. The van der Waals surface area contributed by atoms with Crippen LogP contribution in [0, 0.1) is 0 Å². The van der Waals surface area contributed by atoms with E-state index in [1.54, 1.807) is 11.8 Å². The minimum absolute atomic E-state index is 0.0692. The fraction of sp³-hybridized carbons (Fsp3) is 0.455. The summed E-state index contributed by atoms with van der Waals surface area (Å²) < 4.78 is 10.9. The zero-order chi connectivity index (χ0) is 9.97. The highest BCUT2D eigenvalue weighted by atomic mass is 32.2. The molecule has 1 aliphatic rings. The Labute approximate surface area is 88.6 Å². The molecule has 2 nitrogen and oxygen atoms in total. The molecule has 0 radical (unpaired) electrons. The molecule has 0 saturated carbocycles. The number of rotatable bonds is 2. The van der Waals surface area contributed by atoms with E-state index in [9.17, 15) is 0 Å². The van der Waals surface area contributed by atoms with Crippen LogP contribution in [0.5, 0.6) is 0 Å². The molecule has 2 rings (SSSR count). The van der Waals surface area contributed by atoms with E-state index in [1.807, 2.05) is 6.92 Å². The first-order valence-electron chi connectivity index (χ1n) is 4.70. The average Bonchev–Trinajstić information content (AvgIpc) is 2.65. The van der Waals surface area contributed by atoms with Gasteiger partial charge in [0, 0.05) is 4.90 Å². The lowest BCUT2D eigenvalue weighted by Crippen LogP contribution is -2.01. The smallest absolute Gasteiger partial charge is 0.155 e. The SMILES string of the molecule is CSc1ccc(C2COC(C)O2)cc1. The molecule has 1 aromatic rings. The standard InChI is InChI=1S/C11H14O2S/c1-8-12-7-11(13-8)9-3-5-10(14-2)6-4-9/h3-6,8,11H,7H2,1-2H3. The Morgan fingerprint density at radius 2 is 2.00 bits per heavy atom. The van der Waals surface area contributed by atoms with Gasteiger partial charge in [0.05, 0.1) is 6.61 Å². The Morgan fingerprint density at radius 3 is 2.50 bits per heavy atom. The van der Waals surface area contributed by atoms with Gasteiger partial charge in [-0.25, -0.2) is 0 Å². The van der Waals surface area contributed by atoms with Gasteiger partial charge in [0.25, 0.3) is 0 Å². The Hall–Kier alpha value is -0.510. The van der Waals surface area contributed by atoms with Crippen LogP contribution in [0.25, 0.3) is 0 Å². The first-order chi connectivity index (χ1) is 6.79. The van der Waals surface area contributed by atoms with Crippen LogP contribution in [0.3, 0.4) is 0 Å². The molecule has 0 spiro atoms.